The minimum Gasteiger partial charge on any atom is -0.480 e. The average molecular weight is 300 g/mol. The van der Waals surface area contributed by atoms with Crippen molar-refractivity contribution in [2.75, 3.05) is 5.32 Å². The van der Waals surface area contributed by atoms with Gasteiger partial charge in [0.15, 0.2) is 5.82 Å². The molecule has 2 N–H and O–H groups in total. The zero-order valence-corrected chi connectivity index (χ0v) is 12.9. The fourth-order valence-corrected chi connectivity index (χ4v) is 2.06. The molecule has 2 aromatic rings. The van der Waals surface area contributed by atoms with E-state index in [0.29, 0.717) is 11.6 Å². The van der Waals surface area contributed by atoms with E-state index in [1.54, 1.807) is 18.5 Å². The minimum atomic E-state index is -0.892. The summed E-state index contributed by atoms with van der Waals surface area (Å²) >= 11 is 0. The van der Waals surface area contributed by atoms with Gasteiger partial charge in [-0.1, -0.05) is 20.8 Å². The van der Waals surface area contributed by atoms with E-state index < -0.39 is 12.0 Å². The van der Waals surface area contributed by atoms with Crippen LogP contribution in [-0.4, -0.2) is 32.1 Å². The summed E-state index contributed by atoms with van der Waals surface area (Å²) in [6.07, 6.45) is 4.10. The summed E-state index contributed by atoms with van der Waals surface area (Å²) in [5, 5.41) is 12.3. The lowest BCUT2D eigenvalue weighted by atomic mass is 10.0. The fourth-order valence-electron chi connectivity index (χ4n) is 2.06. The summed E-state index contributed by atoms with van der Waals surface area (Å²) in [6, 6.07) is 4.76. The van der Waals surface area contributed by atoms with Crippen LogP contribution in [0.3, 0.4) is 0 Å². The molecular weight excluding hydrogens is 280 g/mol. The highest BCUT2D eigenvalue weighted by Gasteiger charge is 2.22. The second kappa shape index (κ2) is 6.98. The Balaban J connectivity index is 2.38. The van der Waals surface area contributed by atoms with Crippen molar-refractivity contribution in [1.82, 2.24) is 15.0 Å². The second-order valence-corrected chi connectivity index (χ2v) is 5.36. The number of aromatic nitrogens is 3. The number of aliphatic carboxylic acids is 1. The van der Waals surface area contributed by atoms with E-state index in [2.05, 4.69) is 20.3 Å². The Morgan fingerprint density at radius 1 is 1.27 bits per heavy atom. The Bertz CT molecular complexity index is 644. The number of anilines is 1. The van der Waals surface area contributed by atoms with Crippen LogP contribution in [0, 0.1) is 5.92 Å². The van der Waals surface area contributed by atoms with Crippen LogP contribution in [-0.2, 0) is 11.2 Å². The molecule has 2 rings (SSSR count). The van der Waals surface area contributed by atoms with Gasteiger partial charge in [-0.2, -0.15) is 0 Å². The quantitative estimate of drug-likeness (QED) is 0.852. The number of nitrogens with one attached hydrogen (secondary N) is 1. The molecular formula is C16H20N4O2. The molecule has 22 heavy (non-hydrogen) atoms. The maximum atomic E-state index is 11.3. The highest BCUT2D eigenvalue weighted by molar-refractivity contribution is 5.77. The Morgan fingerprint density at radius 3 is 2.50 bits per heavy atom. The zero-order chi connectivity index (χ0) is 16.1. The number of carboxylic acid groups (broad SMARTS) is 1. The molecule has 0 aliphatic heterocycles. The van der Waals surface area contributed by atoms with Crippen molar-refractivity contribution in [3.8, 4) is 11.4 Å². The third-order valence-electron chi connectivity index (χ3n) is 3.32. The maximum Gasteiger partial charge on any atom is 0.326 e. The van der Waals surface area contributed by atoms with Crippen molar-refractivity contribution in [2.24, 2.45) is 5.92 Å². The summed E-state index contributed by atoms with van der Waals surface area (Å²) in [7, 11) is 0. The normalized spacial score (nSPS) is 12.2. The smallest absolute Gasteiger partial charge is 0.326 e. The predicted octanol–water partition coefficient (Wildman–Crippen LogP) is 2.62. The summed E-state index contributed by atoms with van der Waals surface area (Å²) in [4.78, 5) is 24.3. The maximum absolute atomic E-state index is 11.3. The third-order valence-corrected chi connectivity index (χ3v) is 3.32. The van der Waals surface area contributed by atoms with E-state index in [9.17, 15) is 9.90 Å². The molecule has 6 nitrogen and oxygen atoms in total. The van der Waals surface area contributed by atoms with Crippen LogP contribution in [0.4, 0.5) is 5.82 Å². The van der Waals surface area contributed by atoms with Gasteiger partial charge in [0.2, 0.25) is 0 Å². The average Bonchev–Trinajstić information content (AvgIpc) is 2.52. The SMILES string of the molecule is CCc1cc(N[C@@H](C(=O)O)C(C)C)nc(-c2ccncc2)n1. The lowest BCUT2D eigenvalue weighted by molar-refractivity contribution is -0.138. The fraction of sp³-hybridized carbons (Fsp3) is 0.375. The van der Waals surface area contributed by atoms with Gasteiger partial charge in [-0.3, -0.25) is 4.98 Å². The molecule has 0 bridgehead atoms. The van der Waals surface area contributed by atoms with Crippen LogP contribution in [0.25, 0.3) is 11.4 Å². The van der Waals surface area contributed by atoms with E-state index in [1.807, 2.05) is 32.9 Å². The van der Waals surface area contributed by atoms with Crippen molar-refractivity contribution >= 4 is 11.8 Å². The van der Waals surface area contributed by atoms with Gasteiger partial charge in [0.05, 0.1) is 0 Å². The second-order valence-electron chi connectivity index (χ2n) is 5.36. The molecule has 0 unspecified atom stereocenters. The summed E-state index contributed by atoms with van der Waals surface area (Å²) in [5.41, 5.74) is 1.71. The van der Waals surface area contributed by atoms with Crippen LogP contribution < -0.4 is 5.32 Å². The molecule has 0 saturated heterocycles. The van der Waals surface area contributed by atoms with Crippen molar-refractivity contribution in [3.63, 3.8) is 0 Å². The van der Waals surface area contributed by atoms with Crippen molar-refractivity contribution < 1.29 is 9.90 Å². The van der Waals surface area contributed by atoms with Crippen LogP contribution in [0.1, 0.15) is 26.5 Å². The number of nitrogens with zero attached hydrogens (tertiary/aromatic N) is 3. The first-order valence-electron chi connectivity index (χ1n) is 7.29. The number of carbonyl (C=O) groups is 1. The number of rotatable bonds is 6. The van der Waals surface area contributed by atoms with Gasteiger partial charge in [-0.15, -0.1) is 0 Å². The first kappa shape index (κ1) is 15.9. The minimum absolute atomic E-state index is 0.0538. The predicted molar refractivity (Wildman–Crippen MR) is 84.5 cm³/mol. The van der Waals surface area contributed by atoms with Gasteiger partial charge in [0.25, 0.3) is 0 Å². The molecule has 0 saturated carbocycles. The molecule has 0 radical (unpaired) electrons. The Morgan fingerprint density at radius 2 is 1.95 bits per heavy atom. The van der Waals surface area contributed by atoms with Crippen molar-refractivity contribution in [2.45, 2.75) is 33.2 Å². The first-order valence-corrected chi connectivity index (χ1v) is 7.29. The molecule has 2 heterocycles. The molecule has 0 amide bonds. The number of aryl methyl sites for hydroxylation is 1. The van der Waals surface area contributed by atoms with Crippen molar-refractivity contribution in [3.05, 3.63) is 36.3 Å². The lowest BCUT2D eigenvalue weighted by Gasteiger charge is -2.19. The highest BCUT2D eigenvalue weighted by atomic mass is 16.4. The number of carboxylic acids is 1. The van der Waals surface area contributed by atoms with Crippen LogP contribution in [0.15, 0.2) is 30.6 Å². The topological polar surface area (TPSA) is 88.0 Å². The Kier molecular flexibility index (Phi) is 5.04. The monoisotopic (exact) mass is 300 g/mol. The standard InChI is InChI=1S/C16H20N4O2/c1-4-12-9-13(19-14(10(2)3)16(21)22)20-15(18-12)11-5-7-17-8-6-11/h5-10,14H,4H2,1-3H3,(H,21,22)(H,18,19,20)/t14-/m1/s1. The number of hydrogen-bond acceptors (Lipinski definition) is 5. The third kappa shape index (κ3) is 3.78. The molecule has 6 heteroatoms. The van der Waals surface area contributed by atoms with Gasteiger partial charge >= 0.3 is 5.97 Å². The lowest BCUT2D eigenvalue weighted by Crippen LogP contribution is -2.34. The number of hydrogen-bond donors (Lipinski definition) is 2. The van der Waals surface area contributed by atoms with E-state index in [1.165, 1.54) is 0 Å². The molecule has 2 aromatic heterocycles. The van der Waals surface area contributed by atoms with E-state index in [0.717, 1.165) is 17.7 Å². The van der Waals surface area contributed by atoms with E-state index >= 15 is 0 Å². The molecule has 0 spiro atoms. The van der Waals surface area contributed by atoms with Gasteiger partial charge in [0.1, 0.15) is 11.9 Å². The molecule has 116 valence electrons. The van der Waals surface area contributed by atoms with Gasteiger partial charge in [-0.05, 0) is 24.5 Å². The van der Waals surface area contributed by atoms with Gasteiger partial charge in [0, 0.05) is 29.7 Å². The van der Waals surface area contributed by atoms with Crippen molar-refractivity contribution in [1.29, 1.82) is 0 Å². The zero-order valence-electron chi connectivity index (χ0n) is 12.9. The van der Waals surface area contributed by atoms with E-state index in [-0.39, 0.29) is 5.92 Å². The van der Waals surface area contributed by atoms with Crippen LogP contribution in [0.5, 0.6) is 0 Å². The largest absolute Gasteiger partial charge is 0.480 e. The molecule has 1 atom stereocenters. The molecule has 0 aliphatic rings. The Labute approximate surface area is 129 Å². The number of pyridine rings is 1. The molecule has 0 aliphatic carbocycles. The molecule has 0 aromatic carbocycles. The first-order chi connectivity index (χ1) is 10.5. The summed E-state index contributed by atoms with van der Waals surface area (Å²) < 4.78 is 0. The summed E-state index contributed by atoms with van der Waals surface area (Å²) in [5.74, 6) is 0.149. The molecule has 0 fully saturated rings. The van der Waals surface area contributed by atoms with Gasteiger partial charge in [-0.25, -0.2) is 14.8 Å². The van der Waals surface area contributed by atoms with Crippen LogP contribution >= 0.6 is 0 Å². The van der Waals surface area contributed by atoms with E-state index in [4.69, 9.17) is 0 Å². The van der Waals surface area contributed by atoms with Crippen LogP contribution in [0.2, 0.25) is 0 Å². The Hall–Kier alpha value is -2.50. The summed E-state index contributed by atoms with van der Waals surface area (Å²) in [6.45, 7) is 5.72. The highest BCUT2D eigenvalue weighted by Crippen LogP contribution is 2.19. The van der Waals surface area contributed by atoms with Gasteiger partial charge < -0.3 is 10.4 Å².